The first-order valence-corrected chi connectivity index (χ1v) is 13.5. The number of halogens is 2. The van der Waals surface area contributed by atoms with Crippen molar-refractivity contribution in [3.8, 4) is 0 Å². The lowest BCUT2D eigenvalue weighted by Crippen LogP contribution is -2.52. The molecule has 1 aromatic heterocycles. The highest BCUT2D eigenvalue weighted by molar-refractivity contribution is 7.89. The molecule has 0 saturated carbocycles. The number of carboxylic acids is 1. The SMILES string of the molecule is CCCCS(=O)(=O)NC(CNC(=O)c1cn(C)c2c(F)c(CNC3NC=CCN3)c(F)cc2c1=O)C(=O)O. The van der Waals surface area contributed by atoms with E-state index in [0.717, 1.165) is 16.8 Å². The zero-order chi connectivity index (χ0) is 28.0. The van der Waals surface area contributed by atoms with Crippen molar-refractivity contribution >= 4 is 32.8 Å². The molecular formula is C23H30F2N6O6S. The third kappa shape index (κ3) is 6.92. The molecule has 15 heteroatoms. The fourth-order valence-corrected chi connectivity index (χ4v) is 5.24. The van der Waals surface area contributed by atoms with E-state index in [1.54, 1.807) is 13.1 Å². The summed E-state index contributed by atoms with van der Waals surface area (Å²) in [5.41, 5.74) is -1.99. The molecule has 2 unspecified atom stereocenters. The summed E-state index contributed by atoms with van der Waals surface area (Å²) in [6.07, 6.45) is 5.04. The van der Waals surface area contributed by atoms with Gasteiger partial charge in [0.2, 0.25) is 15.5 Å². The molecule has 0 saturated heterocycles. The Bertz CT molecular complexity index is 1410. The number of fused-ring (bicyclic) bond motifs is 1. The Labute approximate surface area is 217 Å². The minimum Gasteiger partial charge on any atom is -0.480 e. The number of aliphatic carboxylic acids is 1. The van der Waals surface area contributed by atoms with E-state index in [1.165, 1.54) is 7.05 Å². The van der Waals surface area contributed by atoms with E-state index in [9.17, 15) is 32.3 Å². The molecule has 3 rings (SSSR count). The number of aromatic nitrogens is 1. The van der Waals surface area contributed by atoms with Gasteiger partial charge in [-0.15, -0.1) is 0 Å². The van der Waals surface area contributed by atoms with Gasteiger partial charge in [-0.1, -0.05) is 19.4 Å². The molecule has 1 aliphatic rings. The molecule has 1 aliphatic heterocycles. The number of carboxylic acid groups (broad SMARTS) is 1. The maximum atomic E-state index is 15.3. The summed E-state index contributed by atoms with van der Waals surface area (Å²) >= 11 is 0. The van der Waals surface area contributed by atoms with Gasteiger partial charge < -0.3 is 20.3 Å². The van der Waals surface area contributed by atoms with Crippen LogP contribution in [0.15, 0.2) is 29.3 Å². The van der Waals surface area contributed by atoms with E-state index < -0.39 is 63.4 Å². The number of unbranched alkanes of at least 4 members (excludes halogenated alkanes) is 1. The summed E-state index contributed by atoms with van der Waals surface area (Å²) in [6, 6.07) is -0.836. The standard InChI is InChI=1S/C23H30F2N6O6S/c1-3-4-8-38(36,37)30-17(22(34)35)11-28-21(33)15-12-31(2)19-13(20(15)32)9-16(24)14(18(19)25)10-29-23-26-6-5-7-27-23/h5-6,9,12,17,23,26-27,29-30H,3-4,7-8,10-11H2,1-2H3,(H,28,33)(H,34,35). The summed E-state index contributed by atoms with van der Waals surface area (Å²) in [5, 5.41) is 20.1. The van der Waals surface area contributed by atoms with Crippen LogP contribution in [0.2, 0.25) is 0 Å². The largest absolute Gasteiger partial charge is 0.480 e. The number of rotatable bonds is 12. The number of nitrogens with one attached hydrogen (secondary N) is 5. The number of pyridine rings is 1. The van der Waals surface area contributed by atoms with Crippen LogP contribution in [0.4, 0.5) is 8.78 Å². The van der Waals surface area contributed by atoms with Crippen LogP contribution < -0.4 is 31.4 Å². The van der Waals surface area contributed by atoms with Crippen molar-refractivity contribution in [3.63, 3.8) is 0 Å². The highest BCUT2D eigenvalue weighted by atomic mass is 32.2. The van der Waals surface area contributed by atoms with Crippen molar-refractivity contribution in [1.82, 2.24) is 30.6 Å². The smallest absolute Gasteiger partial charge is 0.323 e. The summed E-state index contributed by atoms with van der Waals surface area (Å²) in [6.45, 7) is 1.47. The second-order valence-electron chi connectivity index (χ2n) is 8.71. The zero-order valence-electron chi connectivity index (χ0n) is 20.8. The number of nitrogens with zero attached hydrogens (tertiary/aromatic N) is 1. The second kappa shape index (κ2) is 12.4. The topological polar surface area (TPSA) is 171 Å². The zero-order valence-corrected chi connectivity index (χ0v) is 21.6. The lowest BCUT2D eigenvalue weighted by atomic mass is 10.1. The molecule has 1 aromatic carbocycles. The summed E-state index contributed by atoms with van der Waals surface area (Å²) in [5.74, 6) is -4.81. The fraction of sp³-hybridized carbons (Fsp3) is 0.435. The Hall–Kier alpha value is -3.40. The summed E-state index contributed by atoms with van der Waals surface area (Å²) < 4.78 is 57.5. The predicted molar refractivity (Wildman–Crippen MR) is 136 cm³/mol. The minimum atomic E-state index is -3.92. The number of aryl methyl sites for hydroxylation is 1. The summed E-state index contributed by atoms with van der Waals surface area (Å²) in [7, 11) is -2.55. The third-order valence-corrected chi connectivity index (χ3v) is 7.32. The van der Waals surface area contributed by atoms with Crippen LogP contribution in [0.25, 0.3) is 10.9 Å². The van der Waals surface area contributed by atoms with Crippen LogP contribution in [0, 0.1) is 11.6 Å². The molecule has 208 valence electrons. The van der Waals surface area contributed by atoms with Gasteiger partial charge in [-0.2, -0.15) is 4.72 Å². The van der Waals surface area contributed by atoms with E-state index in [4.69, 9.17) is 0 Å². The summed E-state index contributed by atoms with van der Waals surface area (Å²) in [4.78, 5) is 37.2. The lowest BCUT2D eigenvalue weighted by molar-refractivity contribution is -0.138. The minimum absolute atomic E-state index is 0.201. The molecule has 0 fully saturated rings. The first-order chi connectivity index (χ1) is 17.9. The molecule has 0 spiro atoms. The third-order valence-electron chi connectivity index (χ3n) is 5.85. The van der Waals surface area contributed by atoms with Gasteiger partial charge in [-0.25, -0.2) is 17.2 Å². The van der Waals surface area contributed by atoms with Gasteiger partial charge >= 0.3 is 5.97 Å². The van der Waals surface area contributed by atoms with E-state index >= 15 is 4.39 Å². The average Bonchev–Trinajstić information content (AvgIpc) is 2.87. The number of hydrogen-bond acceptors (Lipinski definition) is 8. The molecule has 0 aliphatic carbocycles. The van der Waals surface area contributed by atoms with Gasteiger partial charge in [-0.3, -0.25) is 25.0 Å². The molecule has 1 amide bonds. The second-order valence-corrected chi connectivity index (χ2v) is 10.6. The van der Waals surface area contributed by atoms with E-state index in [1.807, 2.05) is 10.8 Å². The Morgan fingerprint density at radius 3 is 2.68 bits per heavy atom. The molecule has 12 nitrogen and oxygen atoms in total. The average molecular weight is 557 g/mol. The molecular weight excluding hydrogens is 526 g/mol. The van der Waals surface area contributed by atoms with Crippen molar-refractivity contribution in [2.45, 2.75) is 38.6 Å². The highest BCUT2D eigenvalue weighted by Crippen LogP contribution is 2.22. The van der Waals surface area contributed by atoms with Crippen LogP contribution in [-0.4, -0.2) is 61.1 Å². The molecule has 38 heavy (non-hydrogen) atoms. The molecule has 0 radical (unpaired) electrons. The predicted octanol–water partition coefficient (Wildman–Crippen LogP) is -0.201. The molecule has 2 heterocycles. The van der Waals surface area contributed by atoms with Gasteiger partial charge in [0.1, 0.15) is 23.7 Å². The monoisotopic (exact) mass is 556 g/mol. The number of amides is 1. The van der Waals surface area contributed by atoms with Gasteiger partial charge in [-0.05, 0) is 18.7 Å². The van der Waals surface area contributed by atoms with Crippen LogP contribution >= 0.6 is 0 Å². The Morgan fingerprint density at radius 1 is 1.32 bits per heavy atom. The Morgan fingerprint density at radius 2 is 2.05 bits per heavy atom. The van der Waals surface area contributed by atoms with Crippen molar-refractivity contribution in [1.29, 1.82) is 0 Å². The molecule has 2 aromatic rings. The lowest BCUT2D eigenvalue weighted by Gasteiger charge is -2.23. The molecule has 0 bridgehead atoms. The van der Waals surface area contributed by atoms with Gasteiger partial charge in [0.15, 0.2) is 5.82 Å². The van der Waals surface area contributed by atoms with E-state index in [-0.39, 0.29) is 28.8 Å². The van der Waals surface area contributed by atoms with Crippen LogP contribution in [0.3, 0.4) is 0 Å². The van der Waals surface area contributed by atoms with E-state index in [0.29, 0.717) is 19.4 Å². The molecule has 6 N–H and O–H groups in total. The van der Waals surface area contributed by atoms with Crippen LogP contribution in [-0.2, 0) is 28.4 Å². The fourth-order valence-electron chi connectivity index (χ4n) is 3.83. The first-order valence-electron chi connectivity index (χ1n) is 11.8. The Kier molecular flexibility index (Phi) is 9.54. The van der Waals surface area contributed by atoms with Crippen molar-refractivity contribution in [2.75, 3.05) is 18.8 Å². The van der Waals surface area contributed by atoms with Crippen molar-refractivity contribution < 1.29 is 31.9 Å². The maximum absolute atomic E-state index is 15.3. The number of benzene rings is 1. The number of sulfonamides is 1. The normalized spacial score (nSPS) is 16.3. The molecule has 2 atom stereocenters. The van der Waals surface area contributed by atoms with Crippen molar-refractivity contribution in [3.05, 3.63) is 57.5 Å². The quantitative estimate of drug-likeness (QED) is 0.207. The van der Waals surface area contributed by atoms with Gasteiger partial charge in [0.05, 0.1) is 16.7 Å². The maximum Gasteiger partial charge on any atom is 0.323 e. The van der Waals surface area contributed by atoms with Gasteiger partial charge in [0.25, 0.3) is 5.91 Å². The van der Waals surface area contributed by atoms with E-state index in [2.05, 4.69) is 21.3 Å². The first kappa shape index (κ1) is 29.2. The van der Waals surface area contributed by atoms with Crippen LogP contribution in [0.5, 0.6) is 0 Å². The highest BCUT2D eigenvalue weighted by Gasteiger charge is 2.26. The van der Waals surface area contributed by atoms with Crippen molar-refractivity contribution in [2.24, 2.45) is 7.05 Å². The van der Waals surface area contributed by atoms with Crippen LogP contribution in [0.1, 0.15) is 35.7 Å². The number of hydrogen-bond donors (Lipinski definition) is 6. The number of carbonyl (C=O) groups is 2. The Balaban J connectivity index is 1.82. The van der Waals surface area contributed by atoms with Gasteiger partial charge in [0, 0.05) is 38.4 Å². The number of carbonyl (C=O) groups excluding carboxylic acids is 1.